The van der Waals surface area contributed by atoms with Crippen LogP contribution in [-0.2, 0) is 9.59 Å². The molecule has 1 aliphatic rings. The summed E-state index contributed by atoms with van der Waals surface area (Å²) < 4.78 is 16.2. The summed E-state index contributed by atoms with van der Waals surface area (Å²) in [5, 5.41) is 11.4. The minimum atomic E-state index is -0.804. The van der Waals surface area contributed by atoms with E-state index in [0.717, 1.165) is 0 Å². The minimum absolute atomic E-state index is 0.0359. The molecule has 170 valence electrons. The van der Waals surface area contributed by atoms with E-state index in [0.29, 0.717) is 42.4 Å². The van der Waals surface area contributed by atoms with Gasteiger partial charge in [0.05, 0.1) is 37.5 Å². The fourth-order valence-corrected chi connectivity index (χ4v) is 4.02. The normalized spacial score (nSPS) is 17.5. The molecular formula is C24H26ClNO6. The van der Waals surface area contributed by atoms with Gasteiger partial charge < -0.3 is 24.2 Å². The summed E-state index contributed by atoms with van der Waals surface area (Å²) in [6, 6.07) is 9.14. The molecule has 2 aromatic rings. The van der Waals surface area contributed by atoms with Crippen LogP contribution in [0.3, 0.4) is 0 Å². The van der Waals surface area contributed by atoms with E-state index in [1.165, 1.54) is 19.1 Å². The Bertz CT molecular complexity index is 1060. The van der Waals surface area contributed by atoms with Crippen LogP contribution in [0.4, 0.5) is 0 Å². The lowest BCUT2D eigenvalue weighted by Gasteiger charge is -2.25. The number of benzene rings is 2. The third-order valence-electron chi connectivity index (χ3n) is 5.23. The first-order valence-electron chi connectivity index (χ1n) is 10.3. The number of halogens is 1. The second kappa shape index (κ2) is 9.96. The number of carbonyl (C=O) groups excluding carboxylic acids is 2. The maximum absolute atomic E-state index is 13.0. The van der Waals surface area contributed by atoms with Crippen LogP contribution in [0.15, 0.2) is 42.0 Å². The number of Topliss-reactive ketones (excluding diaryl/α,β-unsaturated/α-hetero) is 1. The number of ether oxygens (including phenoxy) is 3. The van der Waals surface area contributed by atoms with Gasteiger partial charge in [0, 0.05) is 12.1 Å². The van der Waals surface area contributed by atoms with E-state index in [1.54, 1.807) is 36.4 Å². The van der Waals surface area contributed by atoms with E-state index < -0.39 is 17.7 Å². The quantitative estimate of drug-likeness (QED) is 0.353. The summed E-state index contributed by atoms with van der Waals surface area (Å²) in [5.41, 5.74) is 0.790. The molecule has 1 fully saturated rings. The molecule has 8 heteroatoms. The summed E-state index contributed by atoms with van der Waals surface area (Å²) in [6.45, 7) is 4.51. The van der Waals surface area contributed by atoms with Gasteiger partial charge in [-0.2, -0.15) is 0 Å². The molecule has 2 aromatic carbocycles. The van der Waals surface area contributed by atoms with Gasteiger partial charge in [-0.1, -0.05) is 24.6 Å². The highest BCUT2D eigenvalue weighted by Crippen LogP contribution is 2.43. The summed E-state index contributed by atoms with van der Waals surface area (Å²) in [7, 11) is 3.03. The number of hydrogen-bond acceptors (Lipinski definition) is 6. The van der Waals surface area contributed by atoms with Crippen molar-refractivity contribution in [2.45, 2.75) is 26.3 Å². The summed E-state index contributed by atoms with van der Waals surface area (Å²) in [6.07, 6.45) is 0.636. The number of aliphatic hydroxyl groups is 1. The van der Waals surface area contributed by atoms with Gasteiger partial charge in [-0.15, -0.1) is 0 Å². The number of methoxy groups -OCH3 is 2. The summed E-state index contributed by atoms with van der Waals surface area (Å²) in [5.74, 6) is -0.351. The van der Waals surface area contributed by atoms with E-state index in [1.807, 2.05) is 13.8 Å². The minimum Gasteiger partial charge on any atom is -0.507 e. The lowest BCUT2D eigenvalue weighted by molar-refractivity contribution is -0.139. The van der Waals surface area contributed by atoms with Crippen molar-refractivity contribution in [3.63, 3.8) is 0 Å². The van der Waals surface area contributed by atoms with E-state index in [-0.39, 0.29) is 21.9 Å². The number of amides is 1. The fourth-order valence-electron chi connectivity index (χ4n) is 3.81. The lowest BCUT2D eigenvalue weighted by Crippen LogP contribution is -2.30. The van der Waals surface area contributed by atoms with Gasteiger partial charge in [-0.05, 0) is 49.2 Å². The average Bonchev–Trinajstić information content (AvgIpc) is 3.04. The molecule has 1 N–H and O–H groups in total. The standard InChI is InChI=1S/C24H26ClNO6/c1-5-11-26-21(14-7-10-18(30-3)19(12-14)31-4)20(23(28)24(26)29)22(27)16-13-15(32-6-2)8-9-17(16)25/h7-10,12-13,21,27H,5-6,11H2,1-4H3/b22-20+. The Hall–Kier alpha value is -3.19. The number of likely N-dealkylation sites (tertiary alicyclic amines) is 1. The Morgan fingerprint density at radius 1 is 1.06 bits per heavy atom. The molecular weight excluding hydrogens is 434 g/mol. The largest absolute Gasteiger partial charge is 0.507 e. The monoisotopic (exact) mass is 459 g/mol. The molecule has 0 saturated carbocycles. The van der Waals surface area contributed by atoms with Crippen LogP contribution in [0.5, 0.6) is 17.2 Å². The number of aliphatic hydroxyl groups excluding tert-OH is 1. The Morgan fingerprint density at radius 2 is 1.78 bits per heavy atom. The van der Waals surface area contributed by atoms with E-state index in [9.17, 15) is 14.7 Å². The maximum atomic E-state index is 13.0. The van der Waals surface area contributed by atoms with Crippen LogP contribution in [0.25, 0.3) is 5.76 Å². The van der Waals surface area contributed by atoms with Crippen molar-refractivity contribution in [1.82, 2.24) is 4.90 Å². The van der Waals surface area contributed by atoms with Crippen molar-refractivity contribution in [3.8, 4) is 17.2 Å². The van der Waals surface area contributed by atoms with Gasteiger partial charge in [0.1, 0.15) is 11.5 Å². The first kappa shape index (κ1) is 23.5. The van der Waals surface area contributed by atoms with Crippen molar-refractivity contribution in [2.24, 2.45) is 0 Å². The second-order valence-electron chi connectivity index (χ2n) is 7.18. The topological polar surface area (TPSA) is 85.3 Å². The van der Waals surface area contributed by atoms with Crippen molar-refractivity contribution in [1.29, 1.82) is 0 Å². The van der Waals surface area contributed by atoms with Gasteiger partial charge in [0.15, 0.2) is 11.5 Å². The lowest BCUT2D eigenvalue weighted by atomic mass is 9.94. The Balaban J connectivity index is 2.23. The van der Waals surface area contributed by atoms with Gasteiger partial charge >= 0.3 is 0 Å². The SMILES string of the molecule is CCCN1C(=O)C(=O)/C(=C(/O)c2cc(OCC)ccc2Cl)C1c1ccc(OC)c(OC)c1. The predicted molar refractivity (Wildman–Crippen MR) is 121 cm³/mol. The highest BCUT2D eigenvalue weighted by Gasteiger charge is 2.46. The molecule has 1 amide bonds. The Morgan fingerprint density at radius 3 is 2.41 bits per heavy atom. The molecule has 0 bridgehead atoms. The third kappa shape index (κ3) is 4.25. The van der Waals surface area contributed by atoms with E-state index in [4.69, 9.17) is 25.8 Å². The van der Waals surface area contributed by atoms with Gasteiger partial charge in [-0.3, -0.25) is 9.59 Å². The van der Waals surface area contributed by atoms with Crippen molar-refractivity contribution in [2.75, 3.05) is 27.4 Å². The number of rotatable bonds is 8. The maximum Gasteiger partial charge on any atom is 0.295 e. The van der Waals surface area contributed by atoms with Crippen LogP contribution >= 0.6 is 11.6 Å². The van der Waals surface area contributed by atoms with Crippen molar-refractivity contribution in [3.05, 3.63) is 58.1 Å². The first-order chi connectivity index (χ1) is 15.4. The summed E-state index contributed by atoms with van der Waals surface area (Å²) >= 11 is 6.34. The molecule has 32 heavy (non-hydrogen) atoms. The van der Waals surface area contributed by atoms with Crippen LogP contribution in [0, 0.1) is 0 Å². The molecule has 7 nitrogen and oxygen atoms in total. The zero-order valence-corrected chi connectivity index (χ0v) is 19.2. The zero-order valence-electron chi connectivity index (χ0n) is 18.5. The van der Waals surface area contributed by atoms with Crippen LogP contribution in [-0.4, -0.2) is 49.1 Å². The highest BCUT2D eigenvalue weighted by atomic mass is 35.5. The predicted octanol–water partition coefficient (Wildman–Crippen LogP) is 4.59. The highest BCUT2D eigenvalue weighted by molar-refractivity contribution is 6.47. The molecule has 0 radical (unpaired) electrons. The Kier molecular flexibility index (Phi) is 7.30. The Labute approximate surface area is 192 Å². The molecule has 1 aliphatic heterocycles. The van der Waals surface area contributed by atoms with Gasteiger partial charge in [0.2, 0.25) is 0 Å². The molecule has 0 spiro atoms. The zero-order chi connectivity index (χ0) is 23.4. The second-order valence-corrected chi connectivity index (χ2v) is 7.59. The van der Waals surface area contributed by atoms with Gasteiger partial charge in [0.25, 0.3) is 11.7 Å². The number of nitrogens with zero attached hydrogens (tertiary/aromatic N) is 1. The number of ketones is 1. The van der Waals surface area contributed by atoms with E-state index >= 15 is 0 Å². The summed E-state index contributed by atoms with van der Waals surface area (Å²) in [4.78, 5) is 27.4. The molecule has 0 aromatic heterocycles. The van der Waals surface area contributed by atoms with Crippen molar-refractivity contribution >= 4 is 29.1 Å². The molecule has 0 aliphatic carbocycles. The third-order valence-corrected chi connectivity index (χ3v) is 5.56. The molecule has 1 atom stereocenters. The average molecular weight is 460 g/mol. The number of hydrogen-bond donors (Lipinski definition) is 1. The molecule has 1 heterocycles. The smallest absolute Gasteiger partial charge is 0.295 e. The fraction of sp³-hybridized carbons (Fsp3) is 0.333. The molecule has 1 saturated heterocycles. The molecule has 3 rings (SSSR count). The van der Waals surface area contributed by atoms with Crippen LogP contribution in [0.2, 0.25) is 5.02 Å². The van der Waals surface area contributed by atoms with Crippen molar-refractivity contribution < 1.29 is 28.9 Å². The molecule has 1 unspecified atom stereocenters. The van der Waals surface area contributed by atoms with Crippen LogP contribution < -0.4 is 14.2 Å². The van der Waals surface area contributed by atoms with E-state index in [2.05, 4.69) is 0 Å². The van der Waals surface area contributed by atoms with Gasteiger partial charge in [-0.25, -0.2) is 0 Å². The first-order valence-corrected chi connectivity index (χ1v) is 10.7. The number of carbonyl (C=O) groups is 2. The van der Waals surface area contributed by atoms with Crippen LogP contribution in [0.1, 0.15) is 37.4 Å².